The monoisotopic (exact) mass is 373 g/mol. The predicted octanol–water partition coefficient (Wildman–Crippen LogP) is 4.51. The molecule has 0 aromatic heterocycles. The highest BCUT2D eigenvalue weighted by Crippen LogP contribution is 2.30. The molecular formula is C22H25F2NO2. The topological polar surface area (TPSA) is 29.5 Å². The number of benzene rings is 2. The number of carbonyl (C=O) groups excluding carboxylic acids is 1. The Morgan fingerprint density at radius 2 is 1.59 bits per heavy atom. The van der Waals surface area contributed by atoms with Crippen molar-refractivity contribution in [2.24, 2.45) is 0 Å². The van der Waals surface area contributed by atoms with Gasteiger partial charge in [0.05, 0.1) is 7.11 Å². The zero-order valence-corrected chi connectivity index (χ0v) is 15.5. The first-order valence-electron chi connectivity index (χ1n) is 9.41. The number of esters is 1. The van der Waals surface area contributed by atoms with Gasteiger partial charge in [0.15, 0.2) is 0 Å². The summed E-state index contributed by atoms with van der Waals surface area (Å²) in [5.41, 5.74) is 1.96. The van der Waals surface area contributed by atoms with E-state index in [1.807, 2.05) is 0 Å². The fraction of sp³-hybridized carbons (Fsp3) is 0.409. The molecule has 3 nitrogen and oxygen atoms in total. The van der Waals surface area contributed by atoms with Crippen LogP contribution in [0.4, 0.5) is 8.78 Å². The van der Waals surface area contributed by atoms with Gasteiger partial charge in [-0.2, -0.15) is 0 Å². The van der Waals surface area contributed by atoms with Crippen molar-refractivity contribution in [1.82, 2.24) is 4.90 Å². The van der Waals surface area contributed by atoms with Gasteiger partial charge in [0.1, 0.15) is 17.7 Å². The van der Waals surface area contributed by atoms with Gasteiger partial charge < -0.3 is 4.74 Å². The Labute approximate surface area is 158 Å². The molecule has 144 valence electrons. The molecule has 1 atom stereocenters. The number of methoxy groups -OCH3 is 1. The van der Waals surface area contributed by atoms with Gasteiger partial charge in [0, 0.05) is 5.92 Å². The van der Waals surface area contributed by atoms with Crippen LogP contribution in [0.25, 0.3) is 0 Å². The van der Waals surface area contributed by atoms with E-state index < -0.39 is 0 Å². The summed E-state index contributed by atoms with van der Waals surface area (Å²) in [7, 11) is 1.43. The summed E-state index contributed by atoms with van der Waals surface area (Å²) in [6, 6.07) is 12.7. The number of hydrogen-bond donors (Lipinski definition) is 0. The number of nitrogens with zero attached hydrogens (tertiary/aromatic N) is 1. The van der Waals surface area contributed by atoms with Gasteiger partial charge in [-0.15, -0.1) is 0 Å². The molecule has 0 saturated carbocycles. The molecule has 1 saturated heterocycles. The maximum atomic E-state index is 13.4. The van der Waals surface area contributed by atoms with Gasteiger partial charge in [-0.1, -0.05) is 30.7 Å². The van der Waals surface area contributed by atoms with Gasteiger partial charge in [-0.25, -0.2) is 8.78 Å². The van der Waals surface area contributed by atoms with Crippen molar-refractivity contribution in [3.8, 4) is 0 Å². The minimum absolute atomic E-state index is 0.00595. The third kappa shape index (κ3) is 4.92. The maximum Gasteiger partial charge on any atom is 0.323 e. The number of carbonyl (C=O) groups is 1. The molecule has 5 heteroatoms. The van der Waals surface area contributed by atoms with Crippen LogP contribution in [0.1, 0.15) is 42.7 Å². The zero-order chi connectivity index (χ0) is 19.2. The van der Waals surface area contributed by atoms with Crippen molar-refractivity contribution in [2.75, 3.05) is 20.2 Å². The molecule has 1 unspecified atom stereocenters. The standard InChI is InChI=1S/C22H25F2NO2/c1-27-22(26)21-4-2-3-14-25(21)15-13-20(16-5-9-18(23)10-6-16)17-7-11-19(24)12-8-17/h5-12,20-21H,2-4,13-15H2,1H3. The van der Waals surface area contributed by atoms with Crippen LogP contribution < -0.4 is 0 Å². The second-order valence-electron chi connectivity index (χ2n) is 7.02. The molecular weight excluding hydrogens is 348 g/mol. The fourth-order valence-corrected chi connectivity index (χ4v) is 3.87. The van der Waals surface area contributed by atoms with E-state index in [0.717, 1.165) is 49.9 Å². The first-order valence-corrected chi connectivity index (χ1v) is 9.41. The van der Waals surface area contributed by atoms with E-state index >= 15 is 0 Å². The van der Waals surface area contributed by atoms with Crippen LogP contribution in [0.5, 0.6) is 0 Å². The lowest BCUT2D eigenvalue weighted by atomic mass is 9.88. The Bertz CT molecular complexity index is 700. The molecule has 2 aromatic carbocycles. The van der Waals surface area contributed by atoms with Gasteiger partial charge in [-0.05, 0) is 67.7 Å². The van der Waals surface area contributed by atoms with Crippen molar-refractivity contribution in [3.63, 3.8) is 0 Å². The summed E-state index contributed by atoms with van der Waals surface area (Å²) >= 11 is 0. The van der Waals surface area contributed by atoms with Crippen molar-refractivity contribution in [1.29, 1.82) is 0 Å². The molecule has 1 aliphatic rings. The largest absolute Gasteiger partial charge is 0.468 e. The maximum absolute atomic E-state index is 13.4. The number of likely N-dealkylation sites (tertiary alicyclic amines) is 1. The fourth-order valence-electron chi connectivity index (χ4n) is 3.87. The average Bonchev–Trinajstić information content (AvgIpc) is 2.70. The van der Waals surface area contributed by atoms with E-state index in [1.165, 1.54) is 31.4 Å². The third-order valence-electron chi connectivity index (χ3n) is 5.34. The van der Waals surface area contributed by atoms with Crippen molar-refractivity contribution >= 4 is 5.97 Å². The summed E-state index contributed by atoms with van der Waals surface area (Å²) in [5, 5.41) is 0. The molecule has 2 aromatic rings. The normalized spacial score (nSPS) is 17.9. The van der Waals surface area contributed by atoms with Crippen LogP contribution in [0.15, 0.2) is 48.5 Å². The molecule has 0 amide bonds. The van der Waals surface area contributed by atoms with Crippen LogP contribution in [-0.2, 0) is 9.53 Å². The Morgan fingerprint density at radius 1 is 1.04 bits per heavy atom. The molecule has 1 aliphatic heterocycles. The predicted molar refractivity (Wildman–Crippen MR) is 100 cm³/mol. The van der Waals surface area contributed by atoms with E-state index in [1.54, 1.807) is 24.3 Å². The number of rotatable bonds is 6. The highest BCUT2D eigenvalue weighted by atomic mass is 19.1. The molecule has 0 N–H and O–H groups in total. The second kappa shape index (κ2) is 9.09. The van der Waals surface area contributed by atoms with Gasteiger partial charge >= 0.3 is 5.97 Å². The molecule has 0 aliphatic carbocycles. The Balaban J connectivity index is 1.79. The smallest absolute Gasteiger partial charge is 0.323 e. The molecule has 27 heavy (non-hydrogen) atoms. The Hall–Kier alpha value is -2.27. The van der Waals surface area contributed by atoms with Crippen molar-refractivity contribution in [3.05, 3.63) is 71.3 Å². The molecule has 1 heterocycles. The zero-order valence-electron chi connectivity index (χ0n) is 15.5. The molecule has 0 bridgehead atoms. The van der Waals surface area contributed by atoms with Crippen LogP contribution in [0.3, 0.4) is 0 Å². The number of ether oxygens (including phenoxy) is 1. The first kappa shape index (κ1) is 19.5. The Morgan fingerprint density at radius 3 is 2.11 bits per heavy atom. The van der Waals surface area contributed by atoms with E-state index in [4.69, 9.17) is 4.74 Å². The van der Waals surface area contributed by atoms with Crippen LogP contribution in [0.2, 0.25) is 0 Å². The summed E-state index contributed by atoms with van der Waals surface area (Å²) in [6.45, 7) is 1.58. The van der Waals surface area contributed by atoms with E-state index in [-0.39, 0.29) is 29.6 Å². The summed E-state index contributed by atoms with van der Waals surface area (Å²) in [4.78, 5) is 14.3. The average molecular weight is 373 g/mol. The lowest BCUT2D eigenvalue weighted by molar-refractivity contribution is -0.148. The SMILES string of the molecule is COC(=O)C1CCCCN1CCC(c1ccc(F)cc1)c1ccc(F)cc1. The van der Waals surface area contributed by atoms with Crippen molar-refractivity contribution < 1.29 is 18.3 Å². The molecule has 0 spiro atoms. The molecule has 3 rings (SSSR count). The minimum Gasteiger partial charge on any atom is -0.468 e. The van der Waals surface area contributed by atoms with E-state index in [0.29, 0.717) is 0 Å². The first-order chi connectivity index (χ1) is 13.1. The van der Waals surface area contributed by atoms with E-state index in [2.05, 4.69) is 4.90 Å². The summed E-state index contributed by atoms with van der Waals surface area (Å²) in [6.07, 6.45) is 3.65. The Kier molecular flexibility index (Phi) is 6.56. The van der Waals surface area contributed by atoms with Gasteiger partial charge in [-0.3, -0.25) is 9.69 Å². The van der Waals surface area contributed by atoms with Crippen LogP contribution in [0, 0.1) is 11.6 Å². The summed E-state index contributed by atoms with van der Waals surface area (Å²) in [5.74, 6) is -0.738. The van der Waals surface area contributed by atoms with Gasteiger partial charge in [0.2, 0.25) is 0 Å². The number of piperidine rings is 1. The quantitative estimate of drug-likeness (QED) is 0.698. The summed E-state index contributed by atoms with van der Waals surface area (Å²) < 4.78 is 31.7. The second-order valence-corrected chi connectivity index (χ2v) is 7.02. The van der Waals surface area contributed by atoms with Crippen molar-refractivity contribution in [2.45, 2.75) is 37.6 Å². The van der Waals surface area contributed by atoms with Crippen LogP contribution in [-0.4, -0.2) is 37.1 Å². The number of halogens is 2. The van der Waals surface area contributed by atoms with E-state index in [9.17, 15) is 13.6 Å². The van der Waals surface area contributed by atoms with Crippen LogP contribution >= 0.6 is 0 Å². The molecule has 0 radical (unpaired) electrons. The lowest BCUT2D eigenvalue weighted by Gasteiger charge is -2.34. The third-order valence-corrected chi connectivity index (χ3v) is 5.34. The number of hydrogen-bond acceptors (Lipinski definition) is 3. The van der Waals surface area contributed by atoms with Gasteiger partial charge in [0.25, 0.3) is 0 Å². The lowest BCUT2D eigenvalue weighted by Crippen LogP contribution is -2.45. The molecule has 1 fully saturated rings. The highest BCUT2D eigenvalue weighted by Gasteiger charge is 2.30. The minimum atomic E-state index is -0.279. The highest BCUT2D eigenvalue weighted by molar-refractivity contribution is 5.75.